The van der Waals surface area contributed by atoms with E-state index < -0.39 is 0 Å². The van der Waals surface area contributed by atoms with Crippen molar-refractivity contribution in [2.24, 2.45) is 59.2 Å². The van der Waals surface area contributed by atoms with Gasteiger partial charge in [0.15, 0.2) is 0 Å². The molecule has 0 aromatic carbocycles. The van der Waals surface area contributed by atoms with Crippen molar-refractivity contribution in [3.05, 3.63) is 48.6 Å². The molecule has 0 atom stereocenters. The van der Waals surface area contributed by atoms with Gasteiger partial charge in [-0.2, -0.15) is 0 Å². The minimum atomic E-state index is 0.854. The third-order valence-electron chi connectivity index (χ3n) is 22.9. The number of hydrogen-bond donors (Lipinski definition) is 0. The van der Waals surface area contributed by atoms with Gasteiger partial charge < -0.3 is 0 Å². The van der Waals surface area contributed by atoms with Crippen LogP contribution in [0, 0.1) is 59.2 Å². The maximum Gasteiger partial charge on any atom is 0.0102 e. The zero-order chi connectivity index (χ0) is 47.2. The van der Waals surface area contributed by atoms with Gasteiger partial charge in [0, 0.05) is 36.3 Å². The maximum atomic E-state index is 3.30. The molecule has 10 saturated carbocycles. The molecule has 70 heavy (non-hydrogen) atoms. The Labute approximate surface area is 434 Å². The van der Waals surface area contributed by atoms with Crippen molar-refractivity contribution in [2.75, 3.05) is 0 Å². The van der Waals surface area contributed by atoms with Crippen LogP contribution in [0.3, 0.4) is 0 Å². The summed E-state index contributed by atoms with van der Waals surface area (Å²) < 4.78 is 0. The highest BCUT2D eigenvalue weighted by Gasteiger charge is 2.42. The smallest absolute Gasteiger partial charge is 0.0102 e. The lowest BCUT2D eigenvalue weighted by atomic mass is 9.69. The minimum absolute atomic E-state index is 0.854. The lowest BCUT2D eigenvalue weighted by molar-refractivity contribution is -0.0101. The molecule has 0 saturated heterocycles. The van der Waals surface area contributed by atoms with Crippen molar-refractivity contribution in [3.63, 3.8) is 0 Å². The van der Waals surface area contributed by atoms with E-state index in [-0.39, 0.29) is 0 Å². The van der Waals surface area contributed by atoms with Crippen molar-refractivity contribution in [3.8, 4) is 0 Å². The molecule has 0 unspecified atom stereocenters. The second kappa shape index (κ2) is 27.6. The summed E-state index contributed by atoms with van der Waals surface area (Å²) in [7, 11) is 0. The van der Waals surface area contributed by atoms with E-state index in [1.165, 1.54) is 283 Å². The van der Waals surface area contributed by atoms with Gasteiger partial charge >= 0.3 is 0 Å². The normalized spacial score (nSPS) is 39.3. The first-order chi connectivity index (χ1) is 34.7. The Kier molecular flexibility index (Phi) is 20.6. The van der Waals surface area contributed by atoms with Crippen LogP contribution in [-0.2, 0) is 0 Å². The Hall–Kier alpha value is -1.12. The van der Waals surface area contributed by atoms with E-state index in [0.717, 1.165) is 95.4 Å². The molecular formula is C68H112N2. The van der Waals surface area contributed by atoms with Crippen molar-refractivity contribution in [1.82, 2.24) is 9.80 Å². The van der Waals surface area contributed by atoms with Crippen LogP contribution in [0.2, 0.25) is 0 Å². The van der Waals surface area contributed by atoms with E-state index in [4.69, 9.17) is 0 Å². The largest absolute Gasteiger partial charge is 0.294 e. The molecule has 0 bridgehead atoms. The van der Waals surface area contributed by atoms with Crippen LogP contribution in [0.5, 0.6) is 0 Å². The van der Waals surface area contributed by atoms with Crippen LogP contribution in [0.25, 0.3) is 0 Å². The van der Waals surface area contributed by atoms with Crippen LogP contribution in [0.15, 0.2) is 48.6 Å². The van der Waals surface area contributed by atoms with Gasteiger partial charge in [-0.1, -0.05) is 126 Å². The fourth-order valence-electron chi connectivity index (χ4n) is 18.5. The van der Waals surface area contributed by atoms with E-state index in [2.05, 4.69) is 58.4 Å². The van der Waals surface area contributed by atoms with Crippen molar-refractivity contribution >= 4 is 0 Å². The number of allylic oxidation sites excluding steroid dienone is 8. The topological polar surface area (TPSA) is 6.48 Å². The van der Waals surface area contributed by atoms with Crippen molar-refractivity contribution in [2.45, 2.75) is 319 Å². The molecule has 10 aliphatic rings. The van der Waals surface area contributed by atoms with Crippen LogP contribution in [0.1, 0.15) is 283 Å². The average Bonchev–Trinajstić information content (AvgIpc) is 3.44. The van der Waals surface area contributed by atoms with Crippen LogP contribution < -0.4 is 0 Å². The highest BCUT2D eigenvalue weighted by Crippen LogP contribution is 2.46. The van der Waals surface area contributed by atoms with Gasteiger partial charge in [-0.15, -0.1) is 0 Å². The Bertz CT molecular complexity index is 1340. The molecule has 0 aromatic rings. The summed E-state index contributed by atoms with van der Waals surface area (Å²) in [6.07, 6.45) is 86.6. The van der Waals surface area contributed by atoms with E-state index >= 15 is 0 Å². The van der Waals surface area contributed by atoms with Crippen LogP contribution >= 0.6 is 0 Å². The number of rotatable bonds is 15. The fourth-order valence-corrected chi connectivity index (χ4v) is 18.5. The van der Waals surface area contributed by atoms with Gasteiger partial charge in [-0.05, 0) is 265 Å². The summed E-state index contributed by atoms with van der Waals surface area (Å²) in [5.41, 5.74) is 0. The molecule has 0 aromatic heterocycles. The highest BCUT2D eigenvalue weighted by atomic mass is 15.2. The second-order valence-corrected chi connectivity index (χ2v) is 27.4. The number of hydrogen-bond acceptors (Lipinski definition) is 2. The summed E-state index contributed by atoms with van der Waals surface area (Å²) >= 11 is 0. The first-order valence-corrected chi connectivity index (χ1v) is 32.9. The Morgan fingerprint density at radius 3 is 0.500 bits per heavy atom. The van der Waals surface area contributed by atoms with Crippen LogP contribution in [-0.4, -0.2) is 46.1 Å². The third-order valence-corrected chi connectivity index (χ3v) is 22.9. The molecule has 2 heteroatoms. The molecule has 0 N–H and O–H groups in total. The lowest BCUT2D eigenvalue weighted by Gasteiger charge is -2.51. The zero-order valence-electron chi connectivity index (χ0n) is 45.9. The fraction of sp³-hybridized carbons (Fsp3) is 0.882. The Morgan fingerprint density at radius 2 is 0.314 bits per heavy atom. The molecule has 0 aliphatic heterocycles. The van der Waals surface area contributed by atoms with E-state index in [9.17, 15) is 0 Å². The van der Waals surface area contributed by atoms with Gasteiger partial charge in [-0.3, -0.25) is 9.80 Å². The van der Waals surface area contributed by atoms with Crippen molar-refractivity contribution in [1.29, 1.82) is 0 Å². The molecule has 10 rings (SSSR count). The van der Waals surface area contributed by atoms with Crippen LogP contribution in [0.4, 0.5) is 0 Å². The summed E-state index contributed by atoms with van der Waals surface area (Å²) in [5, 5.41) is 0. The first kappa shape index (κ1) is 52.3. The average molecular weight is 958 g/mol. The molecule has 0 heterocycles. The van der Waals surface area contributed by atoms with Gasteiger partial charge in [0.05, 0.1) is 0 Å². The van der Waals surface area contributed by atoms with Crippen molar-refractivity contribution < 1.29 is 0 Å². The third kappa shape index (κ3) is 15.0. The highest BCUT2D eigenvalue weighted by molar-refractivity contribution is 5.04. The molecule has 10 fully saturated rings. The predicted molar refractivity (Wildman–Crippen MR) is 301 cm³/mol. The summed E-state index contributed by atoms with van der Waals surface area (Å²) in [6, 6.07) is 5.14. The van der Waals surface area contributed by atoms with Gasteiger partial charge in [0.2, 0.25) is 0 Å². The Balaban J connectivity index is 0.735. The van der Waals surface area contributed by atoms with Gasteiger partial charge in [0.1, 0.15) is 0 Å². The first-order valence-electron chi connectivity index (χ1n) is 32.9. The van der Waals surface area contributed by atoms with E-state index in [1.54, 1.807) is 0 Å². The predicted octanol–water partition coefficient (Wildman–Crippen LogP) is 19.5. The monoisotopic (exact) mass is 957 g/mol. The minimum Gasteiger partial charge on any atom is -0.294 e. The van der Waals surface area contributed by atoms with Gasteiger partial charge in [-0.25, -0.2) is 0 Å². The molecule has 0 radical (unpaired) electrons. The molecule has 0 amide bonds. The zero-order valence-corrected chi connectivity index (χ0v) is 45.9. The van der Waals surface area contributed by atoms with E-state index in [1.807, 2.05) is 0 Å². The molecule has 2 nitrogen and oxygen atoms in total. The lowest BCUT2D eigenvalue weighted by Crippen LogP contribution is -2.53. The number of nitrogens with zero attached hydrogens (tertiary/aromatic N) is 2. The molecule has 0 spiro atoms. The van der Waals surface area contributed by atoms with E-state index in [0.29, 0.717) is 0 Å². The standard InChI is InChI=1S/C68H112N2/c1-5-13-53(14-6-1)21-25-57-29-41-63(42-30-57)69(64-43-31-58(32-44-64)26-22-54-15-7-2-8-16-54)67-49-37-61(38-50-67)62-39-51-68(52-40-62)70(65-45-33-59(34-46-65)27-23-55-17-9-3-10-18-55)66-47-35-60(36-48-66)28-24-56-19-11-4-12-20-56/h21-28,53-68H,1-20,29-52H2. The summed E-state index contributed by atoms with van der Waals surface area (Å²) in [4.78, 5) is 6.60. The quantitative estimate of drug-likeness (QED) is 0.151. The molecule has 10 aliphatic carbocycles. The summed E-state index contributed by atoms with van der Waals surface area (Å²) in [6.45, 7) is 0. The Morgan fingerprint density at radius 1 is 0.157 bits per heavy atom. The SMILES string of the molecule is C(=CC1CCC(N(C2CCC(C=CC3CCCCC3)CC2)C2CCC(C3CCC(N(C4CCC(C=CC5CCCCC5)CC4)C4CCC(C=CC5CCCCC5)CC4)CC3)CC2)CC1)C1CCCCC1. The van der Waals surface area contributed by atoms with Gasteiger partial charge in [0.25, 0.3) is 0 Å². The molecular weight excluding hydrogens is 845 g/mol. The maximum absolute atomic E-state index is 3.30. The summed E-state index contributed by atoms with van der Waals surface area (Å²) in [5.74, 6) is 8.99. The second-order valence-electron chi connectivity index (χ2n) is 27.4. The molecule has 394 valence electrons.